The van der Waals surface area contributed by atoms with E-state index in [0.717, 1.165) is 24.5 Å². The normalized spacial score (nSPS) is 23.7. The Morgan fingerprint density at radius 2 is 1.63 bits per heavy atom. The highest BCUT2D eigenvalue weighted by Crippen LogP contribution is 2.35. The molecule has 30 heavy (non-hydrogen) atoms. The maximum Gasteiger partial charge on any atom is 0.233 e. The first-order valence-electron chi connectivity index (χ1n) is 10.8. The van der Waals surface area contributed by atoms with E-state index in [-0.39, 0.29) is 29.6 Å². The second-order valence-electron chi connectivity index (χ2n) is 8.13. The predicted octanol–water partition coefficient (Wildman–Crippen LogP) is 2.08. The first-order valence-corrected chi connectivity index (χ1v) is 10.8. The molecule has 1 aromatic carbocycles. The Bertz CT molecular complexity index is 819. The molecule has 0 N–H and O–H groups in total. The molecule has 2 aliphatic heterocycles. The Kier molecular flexibility index (Phi) is 6.06. The lowest BCUT2D eigenvalue weighted by Gasteiger charge is -2.36. The van der Waals surface area contributed by atoms with Crippen molar-refractivity contribution < 1.29 is 19.1 Å². The van der Waals surface area contributed by atoms with E-state index in [1.165, 1.54) is 4.90 Å². The molecule has 2 heterocycles. The number of anilines is 1. The van der Waals surface area contributed by atoms with Gasteiger partial charge in [-0.2, -0.15) is 0 Å². The number of fused-ring (bicyclic) bond motifs is 1. The van der Waals surface area contributed by atoms with Gasteiger partial charge in [0.2, 0.25) is 17.7 Å². The number of para-hydroxylation sites is 2. The number of methoxy groups -OCH3 is 1. The topological polar surface area (TPSA) is 70.2 Å². The molecule has 3 aliphatic rings. The number of allylic oxidation sites excluding steroid dienone is 2. The zero-order chi connectivity index (χ0) is 21.1. The fraction of sp³-hybridized carbons (Fsp3) is 0.522. The summed E-state index contributed by atoms with van der Waals surface area (Å²) in [6, 6.07) is 7.92. The van der Waals surface area contributed by atoms with Crippen LogP contribution >= 0.6 is 0 Å². The van der Waals surface area contributed by atoms with Crippen molar-refractivity contribution in [1.29, 1.82) is 0 Å². The average molecular weight is 412 g/mol. The van der Waals surface area contributed by atoms with Crippen molar-refractivity contribution in [3.8, 4) is 5.75 Å². The summed E-state index contributed by atoms with van der Waals surface area (Å²) >= 11 is 0. The molecule has 1 aromatic rings. The van der Waals surface area contributed by atoms with E-state index in [4.69, 9.17) is 4.74 Å². The predicted molar refractivity (Wildman–Crippen MR) is 113 cm³/mol. The number of benzene rings is 1. The zero-order valence-corrected chi connectivity index (χ0v) is 17.5. The highest BCUT2D eigenvalue weighted by atomic mass is 16.5. The summed E-state index contributed by atoms with van der Waals surface area (Å²) < 4.78 is 5.44. The molecule has 7 nitrogen and oxygen atoms in total. The van der Waals surface area contributed by atoms with Crippen molar-refractivity contribution in [1.82, 2.24) is 9.80 Å². The Balaban J connectivity index is 1.24. The summed E-state index contributed by atoms with van der Waals surface area (Å²) in [5, 5.41) is 0. The minimum absolute atomic E-state index is 0.0628. The van der Waals surface area contributed by atoms with Crippen molar-refractivity contribution >= 4 is 23.4 Å². The van der Waals surface area contributed by atoms with Gasteiger partial charge in [-0.3, -0.25) is 19.3 Å². The van der Waals surface area contributed by atoms with Gasteiger partial charge in [0.25, 0.3) is 0 Å². The van der Waals surface area contributed by atoms with Crippen molar-refractivity contribution in [3.63, 3.8) is 0 Å². The van der Waals surface area contributed by atoms with E-state index in [2.05, 4.69) is 4.90 Å². The van der Waals surface area contributed by atoms with Gasteiger partial charge in [0.1, 0.15) is 5.75 Å². The number of piperazine rings is 1. The molecule has 2 saturated heterocycles. The zero-order valence-electron chi connectivity index (χ0n) is 17.5. The van der Waals surface area contributed by atoms with Crippen LogP contribution in [0.3, 0.4) is 0 Å². The molecule has 4 rings (SSSR count). The standard InChI is InChI=1S/C23H29N3O4/c1-30-20-10-5-4-9-19(20)24-13-15-25(16-14-24)21(27)11-6-12-26-22(28)17-7-2-3-8-18(17)23(26)29/h2-5,9-10,17-18H,6-8,11-16H2,1H3. The molecule has 0 radical (unpaired) electrons. The number of hydrogen-bond donors (Lipinski definition) is 0. The molecule has 0 spiro atoms. The van der Waals surface area contributed by atoms with Gasteiger partial charge in [0, 0.05) is 39.1 Å². The first kappa shape index (κ1) is 20.4. The van der Waals surface area contributed by atoms with Crippen LogP contribution in [-0.4, -0.2) is 67.4 Å². The van der Waals surface area contributed by atoms with Crippen LogP contribution in [0.5, 0.6) is 5.75 Å². The second kappa shape index (κ2) is 8.90. The van der Waals surface area contributed by atoms with E-state index in [9.17, 15) is 14.4 Å². The smallest absolute Gasteiger partial charge is 0.233 e. The third-order valence-corrected chi connectivity index (χ3v) is 6.43. The van der Waals surface area contributed by atoms with Crippen LogP contribution in [-0.2, 0) is 14.4 Å². The summed E-state index contributed by atoms with van der Waals surface area (Å²) in [6.07, 6.45) is 6.17. The minimum atomic E-state index is -0.193. The van der Waals surface area contributed by atoms with E-state index in [1.54, 1.807) is 7.11 Å². The summed E-state index contributed by atoms with van der Waals surface area (Å²) in [4.78, 5) is 43.2. The Hall–Kier alpha value is -2.83. The number of carbonyl (C=O) groups is 3. The number of hydrogen-bond acceptors (Lipinski definition) is 5. The van der Waals surface area contributed by atoms with Crippen molar-refractivity contribution in [2.75, 3.05) is 44.7 Å². The Morgan fingerprint density at radius 1 is 1.00 bits per heavy atom. The van der Waals surface area contributed by atoms with Crippen molar-refractivity contribution in [2.24, 2.45) is 11.8 Å². The molecule has 0 aromatic heterocycles. The fourth-order valence-corrected chi connectivity index (χ4v) is 4.72. The van der Waals surface area contributed by atoms with Gasteiger partial charge in [-0.1, -0.05) is 24.3 Å². The lowest BCUT2D eigenvalue weighted by atomic mass is 9.85. The van der Waals surface area contributed by atoms with Crippen LogP contribution in [0.25, 0.3) is 0 Å². The Morgan fingerprint density at radius 3 is 2.27 bits per heavy atom. The van der Waals surface area contributed by atoms with E-state index >= 15 is 0 Å². The van der Waals surface area contributed by atoms with E-state index in [0.29, 0.717) is 45.3 Å². The SMILES string of the molecule is COc1ccccc1N1CCN(C(=O)CCCN2C(=O)C3CC=CCC3C2=O)CC1. The van der Waals surface area contributed by atoms with Crippen LogP contribution in [0.15, 0.2) is 36.4 Å². The number of imide groups is 1. The van der Waals surface area contributed by atoms with Crippen molar-refractivity contribution in [3.05, 3.63) is 36.4 Å². The monoisotopic (exact) mass is 411 g/mol. The summed E-state index contributed by atoms with van der Waals surface area (Å²) in [7, 11) is 1.67. The first-order chi connectivity index (χ1) is 14.6. The van der Waals surface area contributed by atoms with E-state index < -0.39 is 0 Å². The van der Waals surface area contributed by atoms with E-state index in [1.807, 2.05) is 41.3 Å². The summed E-state index contributed by atoms with van der Waals surface area (Å²) in [5.74, 6) is 0.419. The molecule has 1 aliphatic carbocycles. The molecule has 0 bridgehead atoms. The molecule has 3 amide bonds. The quantitative estimate of drug-likeness (QED) is 0.530. The van der Waals surface area contributed by atoms with Gasteiger partial charge in [0.05, 0.1) is 24.6 Å². The number of likely N-dealkylation sites (tertiary alicyclic amines) is 1. The lowest BCUT2D eigenvalue weighted by Crippen LogP contribution is -2.49. The summed E-state index contributed by atoms with van der Waals surface area (Å²) in [6.45, 7) is 3.18. The fourth-order valence-electron chi connectivity index (χ4n) is 4.72. The molecule has 160 valence electrons. The molecule has 7 heteroatoms. The van der Waals surface area contributed by atoms with Gasteiger partial charge in [-0.25, -0.2) is 0 Å². The maximum atomic E-state index is 12.6. The summed E-state index contributed by atoms with van der Waals surface area (Å²) in [5.41, 5.74) is 1.05. The van der Waals surface area contributed by atoms with Gasteiger partial charge in [-0.05, 0) is 31.4 Å². The van der Waals surface area contributed by atoms with Crippen LogP contribution in [0.1, 0.15) is 25.7 Å². The van der Waals surface area contributed by atoms with Crippen LogP contribution in [0.4, 0.5) is 5.69 Å². The third kappa shape index (κ3) is 3.93. The van der Waals surface area contributed by atoms with Gasteiger partial charge < -0.3 is 14.5 Å². The minimum Gasteiger partial charge on any atom is -0.495 e. The van der Waals surface area contributed by atoms with Crippen molar-refractivity contribution in [2.45, 2.75) is 25.7 Å². The number of ether oxygens (including phenoxy) is 1. The average Bonchev–Trinajstić information content (AvgIpc) is 3.04. The highest BCUT2D eigenvalue weighted by Gasteiger charge is 2.46. The third-order valence-electron chi connectivity index (χ3n) is 6.43. The second-order valence-corrected chi connectivity index (χ2v) is 8.13. The molecule has 2 unspecified atom stereocenters. The van der Waals surface area contributed by atoms with Gasteiger partial charge in [-0.15, -0.1) is 0 Å². The largest absolute Gasteiger partial charge is 0.495 e. The van der Waals surface area contributed by atoms with Crippen LogP contribution in [0.2, 0.25) is 0 Å². The lowest BCUT2D eigenvalue weighted by molar-refractivity contribution is -0.141. The van der Waals surface area contributed by atoms with Gasteiger partial charge >= 0.3 is 0 Å². The maximum absolute atomic E-state index is 12.6. The number of rotatable bonds is 6. The molecule has 2 fully saturated rings. The van der Waals surface area contributed by atoms with Crippen LogP contribution in [0, 0.1) is 11.8 Å². The molecular weight excluding hydrogens is 382 g/mol. The number of nitrogens with zero attached hydrogens (tertiary/aromatic N) is 3. The van der Waals surface area contributed by atoms with Gasteiger partial charge in [0.15, 0.2) is 0 Å². The highest BCUT2D eigenvalue weighted by molar-refractivity contribution is 6.05. The number of carbonyl (C=O) groups excluding carboxylic acids is 3. The number of amides is 3. The molecule has 2 atom stereocenters. The molecule has 0 saturated carbocycles. The Labute approximate surface area is 177 Å². The van der Waals surface area contributed by atoms with Crippen LogP contribution < -0.4 is 9.64 Å². The molecular formula is C23H29N3O4.